The summed E-state index contributed by atoms with van der Waals surface area (Å²) in [6.45, 7) is 2.84. The van der Waals surface area contributed by atoms with E-state index in [0.29, 0.717) is 22.7 Å². The smallest absolute Gasteiger partial charge is 0.323 e. The van der Waals surface area contributed by atoms with E-state index in [-0.39, 0.29) is 24.4 Å². The van der Waals surface area contributed by atoms with Gasteiger partial charge in [0.25, 0.3) is 0 Å². The zero-order valence-electron chi connectivity index (χ0n) is 25.4. The number of nitrogens with two attached hydrogens (primary N) is 1. The van der Waals surface area contributed by atoms with Crippen LogP contribution < -0.4 is 20.2 Å². The molecule has 5 rings (SSSR count). The molecule has 12 nitrogen and oxygen atoms in total. The molecule has 3 heterocycles. The van der Waals surface area contributed by atoms with Crippen LogP contribution >= 0.6 is 6.64 Å². The third kappa shape index (κ3) is 6.79. The Morgan fingerprint density at radius 2 is 1.98 bits per heavy atom. The lowest BCUT2D eigenvalue weighted by Gasteiger charge is -2.29. The summed E-state index contributed by atoms with van der Waals surface area (Å²) in [6, 6.07) is 12.2. The second kappa shape index (κ2) is 12.5. The predicted molar refractivity (Wildman–Crippen MR) is 170 cm³/mol. The Labute approximate surface area is 260 Å². The highest BCUT2D eigenvalue weighted by Crippen LogP contribution is 2.50. The largest absolute Gasteiger partial charge is 0.462 e. The van der Waals surface area contributed by atoms with Gasteiger partial charge in [0.15, 0.2) is 17.0 Å². The molecule has 0 spiro atoms. The van der Waals surface area contributed by atoms with Crippen LogP contribution in [0.3, 0.4) is 0 Å². The first-order chi connectivity index (χ1) is 20.8. The summed E-state index contributed by atoms with van der Waals surface area (Å²) in [5, 5.41) is 4.70. The highest BCUT2D eigenvalue weighted by molar-refractivity contribution is 8.09. The van der Waals surface area contributed by atoms with Gasteiger partial charge in [-0.05, 0) is 44.0 Å². The molecule has 2 aromatic carbocycles. The third-order valence-electron chi connectivity index (χ3n) is 7.04. The monoisotopic (exact) mass is 645 g/mol. The average Bonchev–Trinajstić information content (AvgIpc) is 3.51. The lowest BCUT2D eigenvalue weighted by Crippen LogP contribution is -2.37. The molecule has 0 amide bonds. The summed E-state index contributed by atoms with van der Waals surface area (Å²) < 4.78 is 41.8. The van der Waals surface area contributed by atoms with Crippen molar-refractivity contribution < 1.29 is 27.7 Å². The van der Waals surface area contributed by atoms with Crippen LogP contribution in [0, 0.1) is 5.92 Å². The molecule has 5 atom stereocenters. The van der Waals surface area contributed by atoms with Gasteiger partial charge in [0.05, 0.1) is 12.4 Å². The molecule has 1 saturated heterocycles. The number of rotatable bonds is 11. The molecule has 3 N–H and O–H groups in total. The summed E-state index contributed by atoms with van der Waals surface area (Å²) >= 11 is 5.87. The van der Waals surface area contributed by atoms with E-state index < -0.39 is 37.3 Å². The van der Waals surface area contributed by atoms with E-state index in [4.69, 9.17) is 36.1 Å². The number of esters is 1. The highest BCUT2D eigenvalue weighted by Gasteiger charge is 2.48. The Kier molecular flexibility index (Phi) is 9.11. The van der Waals surface area contributed by atoms with Gasteiger partial charge in [0.2, 0.25) is 11.8 Å². The maximum atomic E-state index is 16.4. The number of imidazole rings is 1. The van der Waals surface area contributed by atoms with Crippen LogP contribution in [0.4, 0.5) is 16.2 Å². The molecule has 15 heteroatoms. The first kappa shape index (κ1) is 32.0. The van der Waals surface area contributed by atoms with Crippen LogP contribution in [-0.4, -0.2) is 64.2 Å². The predicted octanol–water partition coefficient (Wildman–Crippen LogP) is 5.10. The van der Waals surface area contributed by atoms with Crippen LogP contribution in [0.5, 0.6) is 5.75 Å². The zero-order chi connectivity index (χ0) is 31.8. The lowest BCUT2D eigenvalue weighted by molar-refractivity contribution is -0.172. The molecule has 1 fully saturated rings. The van der Waals surface area contributed by atoms with E-state index in [2.05, 4.69) is 20.0 Å². The Bertz CT molecular complexity index is 1720. The van der Waals surface area contributed by atoms with E-state index in [1.165, 1.54) is 6.33 Å². The van der Waals surface area contributed by atoms with Crippen molar-refractivity contribution in [3.63, 3.8) is 0 Å². The maximum Gasteiger partial charge on any atom is 0.323 e. The van der Waals surface area contributed by atoms with Gasteiger partial charge in [-0.25, -0.2) is 14.5 Å². The van der Waals surface area contributed by atoms with E-state index in [0.717, 1.165) is 10.8 Å². The molecule has 236 valence electrons. The minimum absolute atomic E-state index is 0.00696. The number of fused-ring (bicyclic) bond motifs is 2. The molecule has 0 bridgehead atoms. The van der Waals surface area contributed by atoms with Gasteiger partial charge in [0.1, 0.15) is 24.6 Å². The van der Waals surface area contributed by atoms with Crippen LogP contribution in [0.15, 0.2) is 48.8 Å². The number of nitrogens with zero attached hydrogens (tertiary/aromatic N) is 5. The number of ether oxygens (including phenoxy) is 2. The van der Waals surface area contributed by atoms with E-state index in [1.807, 2.05) is 57.4 Å². The van der Waals surface area contributed by atoms with Crippen molar-refractivity contribution in [2.75, 3.05) is 31.3 Å². The molecule has 1 aliphatic rings. The summed E-state index contributed by atoms with van der Waals surface area (Å²) in [5.41, 5.74) is 6.91. The molecule has 4 aromatic rings. The molecule has 44 heavy (non-hydrogen) atoms. The van der Waals surface area contributed by atoms with E-state index in [1.54, 1.807) is 36.3 Å². The number of alkyl halides is 1. The van der Waals surface area contributed by atoms with Crippen LogP contribution in [0.25, 0.3) is 21.9 Å². The number of hydrogen-bond acceptors (Lipinski definition) is 11. The molecule has 1 aliphatic heterocycles. The van der Waals surface area contributed by atoms with Gasteiger partial charge in [-0.15, -0.1) is 0 Å². The minimum Gasteiger partial charge on any atom is -0.462 e. The number of nitrogens with one attached hydrogen (secondary N) is 1. The maximum absolute atomic E-state index is 16.4. The van der Waals surface area contributed by atoms with E-state index >= 15 is 4.39 Å². The van der Waals surface area contributed by atoms with Crippen molar-refractivity contribution in [1.82, 2.24) is 24.6 Å². The molecular weight excluding hydrogens is 608 g/mol. The third-order valence-corrected chi connectivity index (χ3v) is 9.50. The first-order valence-electron chi connectivity index (χ1n) is 14.2. The molecule has 2 aromatic heterocycles. The zero-order valence-corrected chi connectivity index (χ0v) is 27.1. The van der Waals surface area contributed by atoms with Gasteiger partial charge < -0.3 is 29.2 Å². The number of hydrogen-bond donors (Lipinski definition) is 2. The SMILES string of the molecule is CC(C)OC(=O)[C@H](C)N[P@](=S)(OC[C@]1(F)C[C@H](C)[C@H](n2cnc3c(N(C)C)nc(N)nc32)O1)Oc1cccc2ccccc12. The van der Waals surface area contributed by atoms with Gasteiger partial charge in [0, 0.05) is 31.8 Å². The molecule has 0 aliphatic carbocycles. The van der Waals surface area contributed by atoms with Gasteiger partial charge in [-0.3, -0.25) is 9.36 Å². The van der Waals surface area contributed by atoms with Gasteiger partial charge in [-0.1, -0.05) is 43.3 Å². The van der Waals surface area contributed by atoms with Crippen molar-refractivity contribution in [1.29, 1.82) is 0 Å². The number of nitrogen functional groups attached to an aromatic ring is 1. The number of aromatic nitrogens is 4. The second-order valence-corrected chi connectivity index (χ2v) is 14.5. The first-order valence-corrected chi connectivity index (χ1v) is 16.9. The van der Waals surface area contributed by atoms with Crippen LogP contribution in [-0.2, 0) is 30.6 Å². The highest BCUT2D eigenvalue weighted by atomic mass is 32.5. The van der Waals surface area contributed by atoms with Crippen molar-refractivity contribution in [2.24, 2.45) is 5.92 Å². The van der Waals surface area contributed by atoms with Crippen molar-refractivity contribution in [2.45, 2.75) is 58.3 Å². The number of carbonyl (C=O) groups excluding carboxylic acids is 1. The van der Waals surface area contributed by atoms with Gasteiger partial charge in [-0.2, -0.15) is 9.97 Å². The molecular formula is C29H37FN7O5PS. The number of benzene rings is 2. The fourth-order valence-corrected chi connectivity index (χ4v) is 7.52. The molecule has 0 radical (unpaired) electrons. The Morgan fingerprint density at radius 3 is 2.70 bits per heavy atom. The average molecular weight is 646 g/mol. The fourth-order valence-electron chi connectivity index (χ4n) is 5.10. The Morgan fingerprint density at radius 1 is 1.25 bits per heavy atom. The fraction of sp³-hybridized carbons (Fsp3) is 0.448. The van der Waals surface area contributed by atoms with E-state index in [9.17, 15) is 4.79 Å². The standard InChI is InChI=1S/C29H37FN7O5PS/c1-17(2)40-27(38)19(4)35-43(44,42-22-13-9-11-20-10-7-8-12-21(20)22)39-15-29(30)14-18(3)26(41-29)37-16-32-23-24(36(5)6)33-28(31)34-25(23)37/h7-13,16-19,26H,14-15H2,1-6H3,(H,35,44)(H2,31,33,34)/t18-,19-,26+,29-,43-/m0/s1. The second-order valence-electron chi connectivity index (χ2n) is 11.4. The summed E-state index contributed by atoms with van der Waals surface area (Å²) in [5.74, 6) is -2.04. The number of anilines is 2. The number of carbonyl (C=O) groups is 1. The quantitative estimate of drug-likeness (QED) is 0.166. The minimum atomic E-state index is -3.56. The van der Waals surface area contributed by atoms with Gasteiger partial charge >= 0.3 is 12.6 Å². The Hall–Kier alpha value is -3.42. The van der Waals surface area contributed by atoms with Crippen molar-refractivity contribution in [3.8, 4) is 5.75 Å². The summed E-state index contributed by atoms with van der Waals surface area (Å²) in [7, 11) is 3.64. The summed E-state index contributed by atoms with van der Waals surface area (Å²) in [6.07, 6.45) is 0.435. The van der Waals surface area contributed by atoms with Crippen molar-refractivity contribution >= 4 is 58.1 Å². The van der Waals surface area contributed by atoms with Crippen LogP contribution in [0.1, 0.15) is 40.3 Å². The topological polar surface area (TPSA) is 139 Å². The van der Waals surface area contributed by atoms with Crippen molar-refractivity contribution in [3.05, 3.63) is 48.8 Å². The molecule has 0 saturated carbocycles. The molecule has 0 unspecified atom stereocenters. The lowest BCUT2D eigenvalue weighted by atomic mass is 10.1. The van der Waals surface area contributed by atoms with Crippen LogP contribution in [0.2, 0.25) is 0 Å². The normalized spacial score (nSPS) is 22.3. The number of halogens is 1. The summed E-state index contributed by atoms with van der Waals surface area (Å²) in [4.78, 5) is 27.5. The Balaban J connectivity index is 1.40.